The Balaban J connectivity index is 0.000000413. The van der Waals surface area contributed by atoms with E-state index in [0.29, 0.717) is 0 Å². The van der Waals surface area contributed by atoms with Gasteiger partial charge in [-0.2, -0.15) is 0 Å². The molecule has 1 unspecified atom stereocenters. The molecule has 0 saturated heterocycles. The molecule has 0 aliphatic rings. The summed E-state index contributed by atoms with van der Waals surface area (Å²) in [7, 11) is 2.56. The number of benzene rings is 2. The van der Waals surface area contributed by atoms with E-state index in [2.05, 4.69) is 61.3 Å². The minimum absolute atomic E-state index is 0.220. The van der Waals surface area contributed by atoms with Gasteiger partial charge in [0.25, 0.3) is 0 Å². The minimum Gasteiger partial charge on any atom is -0.355 e. The van der Waals surface area contributed by atoms with E-state index in [0.717, 1.165) is 16.7 Å². The van der Waals surface area contributed by atoms with Crippen molar-refractivity contribution in [1.82, 2.24) is 0 Å². The molecule has 0 heterocycles. The fourth-order valence-corrected chi connectivity index (χ4v) is 2.99. The van der Waals surface area contributed by atoms with Crippen LogP contribution in [0.15, 0.2) is 30.3 Å². The van der Waals surface area contributed by atoms with Crippen LogP contribution < -0.4 is 10.6 Å². The van der Waals surface area contributed by atoms with Gasteiger partial charge in [0.1, 0.15) is 5.82 Å². The van der Waals surface area contributed by atoms with Gasteiger partial charge in [-0.1, -0.05) is 57.2 Å². The topological polar surface area (TPSA) is 12.0 Å². The van der Waals surface area contributed by atoms with Crippen LogP contribution in [-0.4, -0.2) is 0 Å². The summed E-state index contributed by atoms with van der Waals surface area (Å²) in [6, 6.07) is 9.01. The molecular weight excluding hydrogens is 316 g/mol. The second-order valence-electron chi connectivity index (χ2n) is 6.34. The molecule has 1 nitrogen and oxygen atoms in total. The summed E-state index contributed by atoms with van der Waals surface area (Å²) >= 11 is 0. The molecule has 1 atom stereocenters. The zero-order valence-corrected chi connectivity index (χ0v) is 16.8. The SMILES string of the molecule is CCCCCC.Cc1cc(C)c(Nc2ccc(F)cc2P)c(C)c1. The standard InChI is InChI=1S/C15H17FNP.C6H14/c1-9-6-10(2)15(11(3)7-9)17-13-5-4-12(16)8-14(13)18;1-3-5-6-4-2/h4-8,17H,18H2,1-3H3;3-6H2,1-2H3. The van der Waals surface area contributed by atoms with Crippen molar-refractivity contribution in [2.75, 3.05) is 5.32 Å². The molecule has 2 aromatic rings. The molecule has 0 aromatic heterocycles. The smallest absolute Gasteiger partial charge is 0.123 e. The van der Waals surface area contributed by atoms with Crippen LogP contribution in [0.2, 0.25) is 0 Å². The summed E-state index contributed by atoms with van der Waals surface area (Å²) in [4.78, 5) is 0. The van der Waals surface area contributed by atoms with Crippen LogP contribution in [0.25, 0.3) is 0 Å². The number of hydrogen-bond acceptors (Lipinski definition) is 1. The third kappa shape index (κ3) is 6.61. The fourth-order valence-electron chi connectivity index (χ4n) is 2.66. The van der Waals surface area contributed by atoms with Crippen molar-refractivity contribution in [3.05, 3.63) is 52.8 Å². The van der Waals surface area contributed by atoms with Crippen LogP contribution >= 0.6 is 9.24 Å². The molecule has 24 heavy (non-hydrogen) atoms. The number of aryl methyl sites for hydroxylation is 3. The van der Waals surface area contributed by atoms with Gasteiger partial charge in [0, 0.05) is 11.4 Å². The summed E-state index contributed by atoms with van der Waals surface area (Å²) in [5.41, 5.74) is 5.65. The van der Waals surface area contributed by atoms with Crippen molar-refractivity contribution in [2.45, 2.75) is 60.3 Å². The first-order valence-corrected chi connectivity index (χ1v) is 9.36. The predicted octanol–water partition coefficient (Wildman–Crippen LogP) is 6.58. The van der Waals surface area contributed by atoms with Gasteiger partial charge in [-0.25, -0.2) is 4.39 Å². The Kier molecular flexibility index (Phi) is 9.00. The maximum absolute atomic E-state index is 13.1. The van der Waals surface area contributed by atoms with E-state index in [4.69, 9.17) is 0 Å². The van der Waals surface area contributed by atoms with Gasteiger partial charge in [-0.05, 0) is 55.4 Å². The zero-order chi connectivity index (χ0) is 18.1. The number of anilines is 2. The largest absolute Gasteiger partial charge is 0.355 e. The van der Waals surface area contributed by atoms with Gasteiger partial charge in [-0.15, -0.1) is 9.24 Å². The van der Waals surface area contributed by atoms with Gasteiger partial charge in [0.15, 0.2) is 0 Å². The molecular formula is C21H31FNP. The molecule has 0 saturated carbocycles. The highest BCUT2D eigenvalue weighted by atomic mass is 31.0. The van der Waals surface area contributed by atoms with Gasteiger partial charge < -0.3 is 5.32 Å². The van der Waals surface area contributed by atoms with Gasteiger partial charge in [0.2, 0.25) is 0 Å². The van der Waals surface area contributed by atoms with Crippen molar-refractivity contribution in [1.29, 1.82) is 0 Å². The highest BCUT2D eigenvalue weighted by molar-refractivity contribution is 7.28. The summed E-state index contributed by atoms with van der Waals surface area (Å²) in [5.74, 6) is -0.220. The average Bonchev–Trinajstić information content (AvgIpc) is 2.51. The molecule has 2 aromatic carbocycles. The van der Waals surface area contributed by atoms with Crippen molar-refractivity contribution in [3.63, 3.8) is 0 Å². The Morgan fingerprint density at radius 1 is 0.917 bits per heavy atom. The quantitative estimate of drug-likeness (QED) is 0.476. The first kappa shape index (κ1) is 20.6. The van der Waals surface area contributed by atoms with E-state index >= 15 is 0 Å². The van der Waals surface area contributed by atoms with Crippen LogP contribution in [0.3, 0.4) is 0 Å². The van der Waals surface area contributed by atoms with Gasteiger partial charge in [0.05, 0.1) is 0 Å². The van der Waals surface area contributed by atoms with E-state index in [1.165, 1.54) is 54.5 Å². The van der Waals surface area contributed by atoms with Crippen LogP contribution in [-0.2, 0) is 0 Å². The maximum atomic E-state index is 13.1. The molecule has 0 aliphatic heterocycles. The van der Waals surface area contributed by atoms with Crippen molar-refractivity contribution < 1.29 is 4.39 Å². The molecule has 0 amide bonds. The third-order valence-electron chi connectivity index (χ3n) is 3.91. The lowest BCUT2D eigenvalue weighted by atomic mass is 10.0. The highest BCUT2D eigenvalue weighted by Crippen LogP contribution is 2.25. The van der Waals surface area contributed by atoms with E-state index < -0.39 is 0 Å². The number of halogens is 1. The molecule has 132 valence electrons. The lowest BCUT2D eigenvalue weighted by molar-refractivity contribution is 0.629. The number of nitrogens with one attached hydrogen (secondary N) is 1. The maximum Gasteiger partial charge on any atom is 0.123 e. The van der Waals surface area contributed by atoms with Crippen LogP contribution in [0.5, 0.6) is 0 Å². The zero-order valence-electron chi connectivity index (χ0n) is 15.7. The first-order valence-electron chi connectivity index (χ1n) is 8.78. The number of rotatable bonds is 5. The predicted molar refractivity (Wildman–Crippen MR) is 109 cm³/mol. The van der Waals surface area contributed by atoms with Crippen molar-refractivity contribution >= 4 is 25.9 Å². The number of hydrogen-bond donors (Lipinski definition) is 1. The average molecular weight is 347 g/mol. The highest BCUT2D eigenvalue weighted by Gasteiger charge is 2.06. The van der Waals surface area contributed by atoms with Crippen LogP contribution in [0, 0.1) is 26.6 Å². The van der Waals surface area contributed by atoms with E-state index in [1.54, 1.807) is 6.07 Å². The van der Waals surface area contributed by atoms with Crippen LogP contribution in [0.4, 0.5) is 15.8 Å². The summed E-state index contributed by atoms with van der Waals surface area (Å²) < 4.78 is 13.1. The third-order valence-corrected chi connectivity index (χ3v) is 4.39. The first-order chi connectivity index (χ1) is 11.4. The lowest BCUT2D eigenvalue weighted by Crippen LogP contribution is -2.05. The molecule has 0 spiro atoms. The van der Waals surface area contributed by atoms with Crippen molar-refractivity contribution in [2.24, 2.45) is 0 Å². The minimum atomic E-state index is -0.220. The fraction of sp³-hybridized carbons (Fsp3) is 0.429. The summed E-state index contributed by atoms with van der Waals surface area (Å²) in [6.07, 6.45) is 5.54. The molecule has 0 aliphatic carbocycles. The summed E-state index contributed by atoms with van der Waals surface area (Å²) in [5, 5.41) is 4.20. The Hall–Kier alpha value is -1.40. The molecule has 0 radical (unpaired) electrons. The molecule has 1 N–H and O–H groups in total. The van der Waals surface area contributed by atoms with E-state index in [9.17, 15) is 4.39 Å². The second-order valence-corrected chi connectivity index (χ2v) is 6.96. The molecule has 0 fully saturated rings. The Bertz CT molecular complexity index is 625. The molecule has 2 rings (SSSR count). The second kappa shape index (κ2) is 10.5. The van der Waals surface area contributed by atoms with E-state index in [-0.39, 0.29) is 5.82 Å². The Labute approximate surface area is 149 Å². The Morgan fingerprint density at radius 2 is 1.46 bits per heavy atom. The Morgan fingerprint density at radius 3 is 1.92 bits per heavy atom. The van der Waals surface area contributed by atoms with Crippen molar-refractivity contribution in [3.8, 4) is 0 Å². The van der Waals surface area contributed by atoms with Gasteiger partial charge in [-0.3, -0.25) is 0 Å². The normalized spacial score (nSPS) is 10.1. The monoisotopic (exact) mass is 347 g/mol. The van der Waals surface area contributed by atoms with Gasteiger partial charge >= 0.3 is 0 Å². The lowest BCUT2D eigenvalue weighted by Gasteiger charge is -2.15. The molecule has 3 heteroatoms. The van der Waals surface area contributed by atoms with E-state index in [1.807, 2.05) is 0 Å². The van der Waals surface area contributed by atoms with Crippen LogP contribution in [0.1, 0.15) is 56.2 Å². The molecule has 0 bridgehead atoms. The number of unbranched alkanes of at least 4 members (excludes halogenated alkanes) is 3. The summed E-state index contributed by atoms with van der Waals surface area (Å²) in [6.45, 7) is 10.7.